The molecule has 1 heterocycles. The van der Waals surface area contributed by atoms with Gasteiger partial charge in [-0.25, -0.2) is 8.42 Å². The predicted molar refractivity (Wildman–Crippen MR) is 74.6 cm³/mol. The van der Waals surface area contributed by atoms with Crippen molar-refractivity contribution >= 4 is 9.84 Å². The Hall–Kier alpha value is -1.81. The van der Waals surface area contributed by atoms with Crippen molar-refractivity contribution in [2.75, 3.05) is 0 Å². The molecular weight excluding hydrogens is 260 g/mol. The summed E-state index contributed by atoms with van der Waals surface area (Å²) in [5.74, 6) is 0.701. The molecule has 100 valence electrons. The van der Waals surface area contributed by atoms with Crippen molar-refractivity contribution in [2.24, 2.45) is 0 Å². The van der Waals surface area contributed by atoms with E-state index in [-0.39, 0.29) is 0 Å². The lowest BCUT2D eigenvalue weighted by Crippen LogP contribution is -2.12. The third kappa shape index (κ3) is 2.79. The lowest BCUT2D eigenvalue weighted by molar-refractivity contribution is 0.529. The molecule has 0 aliphatic heterocycles. The van der Waals surface area contributed by atoms with Crippen LogP contribution >= 0.6 is 0 Å². The van der Waals surface area contributed by atoms with Crippen molar-refractivity contribution in [3.63, 3.8) is 0 Å². The van der Waals surface area contributed by atoms with E-state index in [0.29, 0.717) is 22.6 Å². The second-order valence-corrected chi connectivity index (χ2v) is 6.49. The van der Waals surface area contributed by atoms with Crippen LogP contribution in [0, 0.1) is 6.92 Å². The van der Waals surface area contributed by atoms with Crippen LogP contribution in [-0.2, 0) is 9.84 Å². The van der Waals surface area contributed by atoms with Gasteiger partial charge in [0.15, 0.2) is 9.84 Å². The highest BCUT2D eigenvalue weighted by Gasteiger charge is 2.29. The topological polar surface area (TPSA) is 47.3 Å². The largest absolute Gasteiger partial charge is 0.469 e. The molecule has 19 heavy (non-hydrogen) atoms. The van der Waals surface area contributed by atoms with Crippen LogP contribution < -0.4 is 0 Å². The monoisotopic (exact) mass is 276 g/mol. The van der Waals surface area contributed by atoms with Gasteiger partial charge in [-0.1, -0.05) is 24.3 Å². The molecule has 0 spiro atoms. The SMILES string of the molecule is C=CCC(c1coc(C)c1)S(=O)(=O)c1ccccc1. The molecule has 2 aromatic rings. The van der Waals surface area contributed by atoms with Crippen molar-refractivity contribution in [3.8, 4) is 0 Å². The van der Waals surface area contributed by atoms with Crippen molar-refractivity contribution in [2.45, 2.75) is 23.5 Å². The molecular formula is C15H16O3S. The lowest BCUT2D eigenvalue weighted by Gasteiger charge is -2.14. The first-order valence-electron chi connectivity index (χ1n) is 6.00. The fourth-order valence-electron chi connectivity index (χ4n) is 2.00. The van der Waals surface area contributed by atoms with Gasteiger partial charge in [0.25, 0.3) is 0 Å². The Balaban J connectivity index is 2.47. The second-order valence-electron chi connectivity index (χ2n) is 4.36. The third-order valence-electron chi connectivity index (χ3n) is 2.95. The molecule has 0 fully saturated rings. The van der Waals surface area contributed by atoms with E-state index in [4.69, 9.17) is 4.42 Å². The summed E-state index contributed by atoms with van der Waals surface area (Å²) in [6, 6.07) is 10.2. The van der Waals surface area contributed by atoms with Gasteiger partial charge in [0.05, 0.1) is 16.4 Å². The third-order valence-corrected chi connectivity index (χ3v) is 5.09. The van der Waals surface area contributed by atoms with Crippen molar-refractivity contribution in [1.29, 1.82) is 0 Å². The molecule has 1 atom stereocenters. The number of furan rings is 1. The molecule has 0 saturated carbocycles. The molecule has 0 radical (unpaired) electrons. The zero-order valence-corrected chi connectivity index (χ0v) is 11.6. The van der Waals surface area contributed by atoms with Gasteiger partial charge in [0, 0.05) is 5.56 Å². The van der Waals surface area contributed by atoms with E-state index in [2.05, 4.69) is 6.58 Å². The number of benzene rings is 1. The Morgan fingerprint density at radius 3 is 2.53 bits per heavy atom. The van der Waals surface area contributed by atoms with Crippen molar-refractivity contribution in [3.05, 3.63) is 66.6 Å². The normalized spacial score (nSPS) is 13.1. The van der Waals surface area contributed by atoms with Crippen LogP contribution in [0.25, 0.3) is 0 Å². The van der Waals surface area contributed by atoms with Crippen LogP contribution in [-0.4, -0.2) is 8.42 Å². The molecule has 3 nitrogen and oxygen atoms in total. The van der Waals surface area contributed by atoms with Crippen molar-refractivity contribution < 1.29 is 12.8 Å². The van der Waals surface area contributed by atoms with E-state index in [1.807, 2.05) is 0 Å². The van der Waals surface area contributed by atoms with E-state index < -0.39 is 15.1 Å². The van der Waals surface area contributed by atoms with Gasteiger partial charge >= 0.3 is 0 Å². The quantitative estimate of drug-likeness (QED) is 0.783. The summed E-state index contributed by atoms with van der Waals surface area (Å²) >= 11 is 0. The van der Waals surface area contributed by atoms with E-state index in [0.717, 1.165) is 0 Å². The second kappa shape index (κ2) is 5.45. The average Bonchev–Trinajstić information content (AvgIpc) is 2.83. The molecule has 0 aliphatic rings. The average molecular weight is 276 g/mol. The van der Waals surface area contributed by atoms with Crippen LogP contribution in [0.4, 0.5) is 0 Å². The molecule has 4 heteroatoms. The summed E-state index contributed by atoms with van der Waals surface area (Å²) in [7, 11) is -3.43. The van der Waals surface area contributed by atoms with Crippen LogP contribution in [0.5, 0.6) is 0 Å². The smallest absolute Gasteiger partial charge is 0.185 e. The summed E-state index contributed by atoms with van der Waals surface area (Å²) in [4.78, 5) is 0.320. The predicted octanol–water partition coefficient (Wildman–Crippen LogP) is 3.68. The summed E-state index contributed by atoms with van der Waals surface area (Å²) in [5.41, 5.74) is 0.668. The number of aryl methyl sites for hydroxylation is 1. The summed E-state index contributed by atoms with van der Waals surface area (Å²) in [6.45, 7) is 5.44. The van der Waals surface area contributed by atoms with Crippen LogP contribution in [0.1, 0.15) is 23.0 Å². The van der Waals surface area contributed by atoms with Gasteiger partial charge in [-0.05, 0) is 31.5 Å². The van der Waals surface area contributed by atoms with Crippen LogP contribution in [0.2, 0.25) is 0 Å². The van der Waals surface area contributed by atoms with Gasteiger partial charge < -0.3 is 4.42 Å². The van der Waals surface area contributed by atoms with Gasteiger partial charge in [0.1, 0.15) is 5.76 Å². The fraction of sp³-hybridized carbons (Fsp3) is 0.200. The Labute approximate surface area is 113 Å². The van der Waals surface area contributed by atoms with Gasteiger partial charge in [0.2, 0.25) is 0 Å². The van der Waals surface area contributed by atoms with E-state index in [1.165, 1.54) is 6.26 Å². The minimum Gasteiger partial charge on any atom is -0.469 e. The summed E-state index contributed by atoms with van der Waals surface area (Å²) in [6.07, 6.45) is 3.48. The lowest BCUT2D eigenvalue weighted by atomic mass is 10.2. The molecule has 1 aromatic heterocycles. The zero-order chi connectivity index (χ0) is 13.9. The Bertz CT molecular complexity index is 654. The minimum atomic E-state index is -3.43. The fourth-order valence-corrected chi connectivity index (χ4v) is 3.74. The Morgan fingerprint density at radius 1 is 1.32 bits per heavy atom. The first-order chi connectivity index (χ1) is 9.05. The van der Waals surface area contributed by atoms with Crippen LogP contribution in [0.3, 0.4) is 0 Å². The van der Waals surface area contributed by atoms with Gasteiger partial charge in [-0.15, -0.1) is 6.58 Å². The van der Waals surface area contributed by atoms with Crippen LogP contribution in [0.15, 0.2) is 64.6 Å². The highest BCUT2D eigenvalue weighted by atomic mass is 32.2. The van der Waals surface area contributed by atoms with Gasteiger partial charge in [-0.3, -0.25) is 0 Å². The van der Waals surface area contributed by atoms with E-state index in [1.54, 1.807) is 49.4 Å². The molecule has 0 N–H and O–H groups in total. The molecule has 1 aromatic carbocycles. The summed E-state index contributed by atoms with van der Waals surface area (Å²) < 4.78 is 30.5. The summed E-state index contributed by atoms with van der Waals surface area (Å²) in [5, 5.41) is -0.648. The maximum absolute atomic E-state index is 12.6. The molecule has 0 amide bonds. The molecule has 0 saturated heterocycles. The maximum atomic E-state index is 12.6. The maximum Gasteiger partial charge on any atom is 0.185 e. The molecule has 0 aliphatic carbocycles. The highest BCUT2D eigenvalue weighted by molar-refractivity contribution is 7.91. The number of allylic oxidation sites excluding steroid dienone is 1. The number of rotatable bonds is 5. The first kappa shape index (κ1) is 13.6. The standard InChI is InChI=1S/C15H16O3S/c1-3-7-15(13-10-12(2)18-11-13)19(16,17)14-8-5-4-6-9-14/h3-6,8-11,15H,1,7H2,2H3. The highest BCUT2D eigenvalue weighted by Crippen LogP contribution is 2.32. The van der Waals surface area contributed by atoms with Gasteiger partial charge in [-0.2, -0.15) is 0 Å². The minimum absolute atomic E-state index is 0.320. The van der Waals surface area contributed by atoms with Crippen molar-refractivity contribution in [1.82, 2.24) is 0 Å². The first-order valence-corrected chi connectivity index (χ1v) is 7.55. The number of hydrogen-bond donors (Lipinski definition) is 0. The van der Waals surface area contributed by atoms with E-state index in [9.17, 15) is 8.42 Å². The molecule has 2 rings (SSSR count). The molecule has 1 unspecified atom stereocenters. The number of sulfone groups is 1. The Morgan fingerprint density at radius 2 is 2.00 bits per heavy atom. The zero-order valence-electron chi connectivity index (χ0n) is 10.7. The number of hydrogen-bond acceptors (Lipinski definition) is 3. The molecule has 0 bridgehead atoms. The van der Waals surface area contributed by atoms with E-state index >= 15 is 0 Å². The Kier molecular flexibility index (Phi) is 3.90.